The number of nitrogens with two attached hydrogens (primary N) is 1. The molecule has 0 saturated carbocycles. The normalized spacial score (nSPS) is 21.6. The molecule has 1 heterocycles. The summed E-state index contributed by atoms with van der Waals surface area (Å²) in [4.78, 5) is 2.31. The first-order chi connectivity index (χ1) is 8.20. The minimum Gasteiger partial charge on any atom is -0.399 e. The van der Waals surface area contributed by atoms with Crippen LogP contribution in [0.1, 0.15) is 24.8 Å². The number of hydrogen-bond acceptors (Lipinski definition) is 3. The molecule has 1 aromatic rings. The molecule has 0 aromatic heterocycles. The van der Waals surface area contributed by atoms with Crippen LogP contribution < -0.4 is 5.73 Å². The van der Waals surface area contributed by atoms with Crippen molar-refractivity contribution >= 4 is 17.3 Å². The van der Waals surface area contributed by atoms with E-state index >= 15 is 0 Å². The summed E-state index contributed by atoms with van der Waals surface area (Å²) in [5.74, 6) is 0. The van der Waals surface area contributed by atoms with Gasteiger partial charge in [-0.25, -0.2) is 0 Å². The van der Waals surface area contributed by atoms with Crippen molar-refractivity contribution in [3.05, 3.63) is 28.8 Å². The van der Waals surface area contributed by atoms with Gasteiger partial charge in [-0.3, -0.25) is 4.90 Å². The van der Waals surface area contributed by atoms with E-state index in [9.17, 15) is 5.11 Å². The topological polar surface area (TPSA) is 49.5 Å². The van der Waals surface area contributed by atoms with E-state index in [1.807, 2.05) is 12.1 Å². The Kier molecular flexibility index (Phi) is 4.26. The molecule has 1 aliphatic heterocycles. The molecule has 0 aliphatic carbocycles. The van der Waals surface area contributed by atoms with E-state index in [0.29, 0.717) is 10.7 Å². The monoisotopic (exact) mass is 254 g/mol. The first-order valence-corrected chi connectivity index (χ1v) is 6.47. The predicted octanol–water partition coefficient (Wildman–Crippen LogP) is 2.27. The number of benzene rings is 1. The first-order valence-electron chi connectivity index (χ1n) is 6.09. The van der Waals surface area contributed by atoms with Gasteiger partial charge in [0.2, 0.25) is 0 Å². The maximum absolute atomic E-state index is 9.36. The number of nitrogen functional groups attached to an aromatic ring is 1. The third-order valence-corrected chi connectivity index (χ3v) is 3.76. The Hall–Kier alpha value is -0.770. The van der Waals surface area contributed by atoms with Gasteiger partial charge in [-0.1, -0.05) is 24.1 Å². The van der Waals surface area contributed by atoms with Crippen molar-refractivity contribution in [1.29, 1.82) is 0 Å². The summed E-state index contributed by atoms with van der Waals surface area (Å²) in [6.45, 7) is 2.06. The Morgan fingerprint density at radius 1 is 1.41 bits per heavy atom. The number of nitrogens with zero attached hydrogens (tertiary/aromatic N) is 1. The Balaban J connectivity index is 2.08. The van der Waals surface area contributed by atoms with Crippen molar-refractivity contribution in [2.45, 2.75) is 31.8 Å². The molecule has 3 nitrogen and oxygen atoms in total. The van der Waals surface area contributed by atoms with Crippen LogP contribution in [0.2, 0.25) is 5.02 Å². The average Bonchev–Trinajstić information content (AvgIpc) is 2.33. The summed E-state index contributed by atoms with van der Waals surface area (Å²) < 4.78 is 0. The minimum absolute atomic E-state index is 0.229. The summed E-state index contributed by atoms with van der Waals surface area (Å²) in [6.07, 6.45) is 3.48. The van der Waals surface area contributed by atoms with E-state index < -0.39 is 0 Å². The van der Waals surface area contributed by atoms with Gasteiger partial charge in [0.15, 0.2) is 0 Å². The molecule has 3 N–H and O–H groups in total. The van der Waals surface area contributed by atoms with Crippen LogP contribution in [-0.4, -0.2) is 29.2 Å². The van der Waals surface area contributed by atoms with Crippen LogP contribution in [0, 0.1) is 0 Å². The molecule has 1 atom stereocenters. The molecule has 0 radical (unpaired) electrons. The Bertz CT molecular complexity index is 384. The third-order valence-electron chi connectivity index (χ3n) is 3.41. The van der Waals surface area contributed by atoms with E-state index in [2.05, 4.69) is 4.90 Å². The quantitative estimate of drug-likeness (QED) is 0.814. The summed E-state index contributed by atoms with van der Waals surface area (Å²) in [5, 5.41) is 10.1. The molecule has 1 unspecified atom stereocenters. The predicted molar refractivity (Wildman–Crippen MR) is 71.0 cm³/mol. The number of anilines is 1. The standard InChI is InChI=1S/C13H19ClN2O/c14-13-7-11(15)5-4-10(13)8-16-6-2-1-3-12(16)9-17/h4-5,7,12,17H,1-3,6,8-9,15H2. The van der Waals surface area contributed by atoms with Crippen molar-refractivity contribution in [2.75, 3.05) is 18.9 Å². The van der Waals surface area contributed by atoms with E-state index in [1.54, 1.807) is 6.07 Å². The molecule has 0 spiro atoms. The number of rotatable bonds is 3. The highest BCUT2D eigenvalue weighted by molar-refractivity contribution is 6.31. The van der Waals surface area contributed by atoms with Gasteiger partial charge in [-0.15, -0.1) is 0 Å². The molecule has 2 rings (SSSR count). The summed E-state index contributed by atoms with van der Waals surface area (Å²) >= 11 is 6.17. The number of piperidine rings is 1. The zero-order valence-electron chi connectivity index (χ0n) is 9.90. The fraction of sp³-hybridized carbons (Fsp3) is 0.538. The molecule has 4 heteroatoms. The minimum atomic E-state index is 0.229. The van der Waals surface area contributed by atoms with Crippen molar-refractivity contribution in [3.8, 4) is 0 Å². The second-order valence-corrected chi connectivity index (χ2v) is 5.06. The zero-order chi connectivity index (χ0) is 12.3. The molecule has 1 fully saturated rings. The Morgan fingerprint density at radius 3 is 2.94 bits per heavy atom. The largest absolute Gasteiger partial charge is 0.399 e. The van der Waals surface area contributed by atoms with Gasteiger partial charge >= 0.3 is 0 Å². The first kappa shape index (κ1) is 12.7. The fourth-order valence-corrected chi connectivity index (χ4v) is 2.63. The molecule has 0 bridgehead atoms. The second-order valence-electron chi connectivity index (χ2n) is 4.65. The smallest absolute Gasteiger partial charge is 0.0586 e. The highest BCUT2D eigenvalue weighted by atomic mass is 35.5. The van der Waals surface area contributed by atoms with Crippen molar-refractivity contribution in [1.82, 2.24) is 4.90 Å². The lowest BCUT2D eigenvalue weighted by molar-refractivity contribution is 0.0841. The van der Waals surface area contributed by atoms with Crippen LogP contribution in [0.4, 0.5) is 5.69 Å². The van der Waals surface area contributed by atoms with Crippen LogP contribution in [0.3, 0.4) is 0 Å². The van der Waals surface area contributed by atoms with E-state index in [-0.39, 0.29) is 12.6 Å². The molecule has 0 amide bonds. The molecule has 94 valence electrons. The lowest BCUT2D eigenvalue weighted by atomic mass is 10.0. The van der Waals surface area contributed by atoms with Gasteiger partial charge in [0.05, 0.1) is 6.61 Å². The highest BCUT2D eigenvalue weighted by Crippen LogP contribution is 2.24. The number of hydrogen-bond donors (Lipinski definition) is 2. The highest BCUT2D eigenvalue weighted by Gasteiger charge is 2.22. The molecule has 1 saturated heterocycles. The van der Waals surface area contributed by atoms with Gasteiger partial charge in [0.25, 0.3) is 0 Å². The molecular formula is C13H19ClN2O. The van der Waals surface area contributed by atoms with Crippen LogP contribution in [-0.2, 0) is 6.54 Å². The SMILES string of the molecule is Nc1ccc(CN2CCCCC2CO)c(Cl)c1. The van der Waals surface area contributed by atoms with Crippen molar-refractivity contribution in [3.63, 3.8) is 0 Å². The van der Waals surface area contributed by atoms with Gasteiger partial charge < -0.3 is 10.8 Å². The van der Waals surface area contributed by atoms with Crippen LogP contribution >= 0.6 is 11.6 Å². The van der Waals surface area contributed by atoms with E-state index in [1.165, 1.54) is 12.8 Å². The van der Waals surface area contributed by atoms with E-state index in [4.69, 9.17) is 17.3 Å². The van der Waals surface area contributed by atoms with Gasteiger partial charge in [-0.2, -0.15) is 0 Å². The summed E-state index contributed by atoms with van der Waals surface area (Å²) in [7, 11) is 0. The number of likely N-dealkylation sites (tertiary alicyclic amines) is 1. The Labute approximate surface area is 107 Å². The lowest BCUT2D eigenvalue weighted by Gasteiger charge is -2.34. The molecule has 1 aliphatic rings. The average molecular weight is 255 g/mol. The number of aliphatic hydroxyl groups excluding tert-OH is 1. The molecule has 17 heavy (non-hydrogen) atoms. The second kappa shape index (κ2) is 5.71. The van der Waals surface area contributed by atoms with Crippen LogP contribution in [0.25, 0.3) is 0 Å². The van der Waals surface area contributed by atoms with Crippen LogP contribution in [0.15, 0.2) is 18.2 Å². The van der Waals surface area contributed by atoms with Gasteiger partial charge in [0, 0.05) is 23.3 Å². The van der Waals surface area contributed by atoms with E-state index in [0.717, 1.165) is 25.1 Å². The van der Waals surface area contributed by atoms with Gasteiger partial charge in [-0.05, 0) is 37.1 Å². The summed E-state index contributed by atoms with van der Waals surface area (Å²) in [6, 6.07) is 5.91. The van der Waals surface area contributed by atoms with Crippen molar-refractivity contribution < 1.29 is 5.11 Å². The van der Waals surface area contributed by atoms with Gasteiger partial charge in [0.1, 0.15) is 0 Å². The third kappa shape index (κ3) is 3.12. The zero-order valence-corrected chi connectivity index (χ0v) is 10.7. The Morgan fingerprint density at radius 2 is 2.24 bits per heavy atom. The lowest BCUT2D eigenvalue weighted by Crippen LogP contribution is -2.41. The number of halogens is 1. The van der Waals surface area contributed by atoms with Crippen molar-refractivity contribution in [2.24, 2.45) is 0 Å². The molecular weight excluding hydrogens is 236 g/mol. The maximum atomic E-state index is 9.36. The summed E-state index contributed by atoms with van der Waals surface area (Å²) in [5.41, 5.74) is 7.45. The fourth-order valence-electron chi connectivity index (χ4n) is 2.39. The number of aliphatic hydroxyl groups is 1. The maximum Gasteiger partial charge on any atom is 0.0586 e. The van der Waals surface area contributed by atoms with Crippen LogP contribution in [0.5, 0.6) is 0 Å². The molecule has 1 aromatic carbocycles.